The van der Waals surface area contributed by atoms with Crippen LogP contribution in [-0.4, -0.2) is 27.3 Å². The Hall–Kier alpha value is -1.61. The van der Waals surface area contributed by atoms with Crippen LogP contribution in [0, 0.1) is 0 Å². The highest BCUT2D eigenvalue weighted by Crippen LogP contribution is 2.36. The fourth-order valence-corrected chi connectivity index (χ4v) is 2.41. The van der Waals surface area contributed by atoms with Crippen LogP contribution < -0.4 is 5.32 Å². The summed E-state index contributed by atoms with van der Waals surface area (Å²) < 4.78 is 40.5. The molecule has 0 aliphatic heterocycles. The van der Waals surface area contributed by atoms with E-state index >= 15 is 0 Å². The molecule has 9 heteroatoms. The fourth-order valence-electron chi connectivity index (χ4n) is 1.64. The molecule has 0 radical (unpaired) electrons. The van der Waals surface area contributed by atoms with Gasteiger partial charge in [-0.2, -0.15) is 13.2 Å². The lowest BCUT2D eigenvalue weighted by Gasteiger charge is -2.14. The first-order valence-electron chi connectivity index (χ1n) is 5.66. The smallest absolute Gasteiger partial charge is 0.316 e. The predicted octanol–water partition coefficient (Wildman–Crippen LogP) is 2.10. The van der Waals surface area contributed by atoms with Gasteiger partial charge in [0, 0.05) is 18.5 Å². The van der Waals surface area contributed by atoms with Gasteiger partial charge in [0.25, 0.3) is 0 Å². The second-order valence-electron chi connectivity index (χ2n) is 4.03. The maximum absolute atomic E-state index is 13.0. The molecular formula is C11H12F3N5S. The Labute approximate surface area is 117 Å². The number of halogens is 3. The maximum Gasteiger partial charge on any atom is 0.416 e. The van der Waals surface area contributed by atoms with Gasteiger partial charge >= 0.3 is 6.18 Å². The molecule has 0 spiro atoms. The van der Waals surface area contributed by atoms with Crippen LogP contribution in [-0.2, 0) is 19.8 Å². The van der Waals surface area contributed by atoms with Crippen molar-refractivity contribution in [1.29, 1.82) is 0 Å². The highest BCUT2D eigenvalue weighted by molar-refractivity contribution is 7.99. The summed E-state index contributed by atoms with van der Waals surface area (Å²) in [4.78, 5) is 0.440. The van der Waals surface area contributed by atoms with E-state index in [1.807, 2.05) is 0 Å². The maximum atomic E-state index is 13.0. The second kappa shape index (κ2) is 5.80. The van der Waals surface area contributed by atoms with Crippen LogP contribution in [0.25, 0.3) is 0 Å². The number of aromatic nitrogens is 4. The lowest BCUT2D eigenvalue weighted by Crippen LogP contribution is -2.14. The van der Waals surface area contributed by atoms with Crippen molar-refractivity contribution >= 4 is 11.8 Å². The molecule has 0 saturated carbocycles. The molecule has 108 valence electrons. The third kappa shape index (κ3) is 3.28. The Balaban J connectivity index is 2.34. The summed E-state index contributed by atoms with van der Waals surface area (Å²) in [7, 11) is 3.23. The van der Waals surface area contributed by atoms with Gasteiger partial charge in [0.05, 0.1) is 5.56 Å². The van der Waals surface area contributed by atoms with E-state index in [9.17, 15) is 13.2 Å². The third-order valence-electron chi connectivity index (χ3n) is 2.54. The summed E-state index contributed by atoms with van der Waals surface area (Å²) in [5.41, 5.74) is -0.438. The van der Waals surface area contributed by atoms with Crippen molar-refractivity contribution in [3.8, 4) is 0 Å². The van der Waals surface area contributed by atoms with Crippen molar-refractivity contribution in [2.75, 3.05) is 7.05 Å². The highest BCUT2D eigenvalue weighted by Gasteiger charge is 2.33. The van der Waals surface area contributed by atoms with Crippen molar-refractivity contribution < 1.29 is 13.2 Å². The molecule has 2 aromatic rings. The zero-order valence-corrected chi connectivity index (χ0v) is 11.6. The first kappa shape index (κ1) is 14.8. The number of tetrazole rings is 1. The first-order valence-corrected chi connectivity index (χ1v) is 6.48. The number of hydrogen-bond acceptors (Lipinski definition) is 5. The van der Waals surface area contributed by atoms with E-state index in [0.717, 1.165) is 17.8 Å². The Kier molecular flexibility index (Phi) is 4.29. The highest BCUT2D eigenvalue weighted by atomic mass is 32.2. The van der Waals surface area contributed by atoms with Crippen LogP contribution >= 0.6 is 11.8 Å². The number of rotatable bonds is 4. The molecule has 0 atom stereocenters. The molecule has 1 N–H and O–H groups in total. The quantitative estimate of drug-likeness (QED) is 0.937. The van der Waals surface area contributed by atoms with Gasteiger partial charge in [0.2, 0.25) is 5.16 Å². The van der Waals surface area contributed by atoms with Crippen LogP contribution in [0.2, 0.25) is 0 Å². The van der Waals surface area contributed by atoms with E-state index in [4.69, 9.17) is 0 Å². The van der Waals surface area contributed by atoms with Crippen LogP contribution in [0.5, 0.6) is 0 Å². The SMILES string of the molecule is CNCc1ccc(Sc2nnnn2C)cc1C(F)(F)F. The fraction of sp³-hybridized carbons (Fsp3) is 0.364. The minimum Gasteiger partial charge on any atom is -0.316 e. The second-order valence-corrected chi connectivity index (χ2v) is 5.07. The summed E-state index contributed by atoms with van der Waals surface area (Å²) in [5, 5.41) is 14.0. The number of hydrogen-bond donors (Lipinski definition) is 1. The number of alkyl halides is 3. The van der Waals surface area contributed by atoms with Crippen LogP contribution in [0.1, 0.15) is 11.1 Å². The number of nitrogens with zero attached hydrogens (tertiary/aromatic N) is 4. The van der Waals surface area contributed by atoms with Crippen molar-refractivity contribution in [3.63, 3.8) is 0 Å². The minimum atomic E-state index is -4.39. The van der Waals surface area contributed by atoms with E-state index in [1.54, 1.807) is 20.2 Å². The lowest BCUT2D eigenvalue weighted by molar-refractivity contribution is -0.138. The van der Waals surface area contributed by atoms with E-state index < -0.39 is 11.7 Å². The van der Waals surface area contributed by atoms with Crippen LogP contribution in [0.15, 0.2) is 28.3 Å². The van der Waals surface area contributed by atoms with Gasteiger partial charge in [0.15, 0.2) is 0 Å². The number of benzene rings is 1. The summed E-state index contributed by atoms with van der Waals surface area (Å²) in [6, 6.07) is 4.21. The van der Waals surface area contributed by atoms with E-state index in [2.05, 4.69) is 20.8 Å². The average Bonchev–Trinajstić information content (AvgIpc) is 2.76. The Bertz CT molecular complexity index is 596. The molecule has 20 heavy (non-hydrogen) atoms. The molecule has 0 aliphatic rings. The largest absolute Gasteiger partial charge is 0.416 e. The molecule has 1 aromatic heterocycles. The lowest BCUT2D eigenvalue weighted by atomic mass is 10.1. The molecule has 2 rings (SSSR count). The van der Waals surface area contributed by atoms with Gasteiger partial charge in [-0.1, -0.05) is 6.07 Å². The molecule has 0 bridgehead atoms. The van der Waals surface area contributed by atoms with Crippen molar-refractivity contribution in [1.82, 2.24) is 25.5 Å². The Morgan fingerprint density at radius 3 is 2.65 bits per heavy atom. The third-order valence-corrected chi connectivity index (χ3v) is 3.56. The van der Waals surface area contributed by atoms with Gasteiger partial charge in [0.1, 0.15) is 0 Å². The van der Waals surface area contributed by atoms with E-state index in [1.165, 1.54) is 10.7 Å². The normalized spacial score (nSPS) is 11.8. The summed E-state index contributed by atoms with van der Waals surface area (Å²) in [6.07, 6.45) is -4.39. The van der Waals surface area contributed by atoms with Gasteiger partial charge in [-0.15, -0.1) is 5.10 Å². The van der Waals surface area contributed by atoms with Crippen molar-refractivity contribution in [3.05, 3.63) is 29.3 Å². The zero-order chi connectivity index (χ0) is 14.8. The summed E-state index contributed by atoms with van der Waals surface area (Å²) in [5.74, 6) is 0. The number of aryl methyl sites for hydroxylation is 1. The first-order chi connectivity index (χ1) is 9.41. The van der Waals surface area contributed by atoms with E-state index in [-0.39, 0.29) is 12.1 Å². The molecule has 0 aliphatic carbocycles. The van der Waals surface area contributed by atoms with Crippen molar-refractivity contribution in [2.45, 2.75) is 22.8 Å². The monoisotopic (exact) mass is 303 g/mol. The topological polar surface area (TPSA) is 55.6 Å². The Morgan fingerprint density at radius 2 is 2.10 bits per heavy atom. The van der Waals surface area contributed by atoms with E-state index in [0.29, 0.717) is 10.1 Å². The molecule has 0 fully saturated rings. The summed E-state index contributed by atoms with van der Waals surface area (Å²) >= 11 is 1.08. The van der Waals surface area contributed by atoms with Crippen LogP contribution in [0.4, 0.5) is 13.2 Å². The molecule has 0 unspecified atom stereocenters. The summed E-state index contributed by atoms with van der Waals surface area (Å²) in [6.45, 7) is 0.158. The standard InChI is InChI=1S/C11H12F3N5S/c1-15-6-7-3-4-8(5-9(7)11(12,13)14)20-10-16-17-18-19(10)2/h3-5,15H,6H2,1-2H3. The molecule has 1 aromatic carbocycles. The minimum absolute atomic E-state index is 0.158. The Morgan fingerprint density at radius 1 is 1.35 bits per heavy atom. The molecule has 0 saturated heterocycles. The van der Waals surface area contributed by atoms with Gasteiger partial charge in [-0.25, -0.2) is 4.68 Å². The van der Waals surface area contributed by atoms with Gasteiger partial charge < -0.3 is 5.32 Å². The number of nitrogens with one attached hydrogen (secondary N) is 1. The average molecular weight is 303 g/mol. The molecule has 5 nitrogen and oxygen atoms in total. The predicted molar refractivity (Wildman–Crippen MR) is 67.1 cm³/mol. The van der Waals surface area contributed by atoms with Gasteiger partial charge in [-0.3, -0.25) is 0 Å². The molecule has 1 heterocycles. The molecule has 0 amide bonds. The van der Waals surface area contributed by atoms with Crippen LogP contribution in [0.3, 0.4) is 0 Å². The zero-order valence-electron chi connectivity index (χ0n) is 10.8. The van der Waals surface area contributed by atoms with Gasteiger partial charge in [-0.05, 0) is 46.9 Å². The molecular weight excluding hydrogens is 291 g/mol. The van der Waals surface area contributed by atoms with Crippen molar-refractivity contribution in [2.24, 2.45) is 7.05 Å².